The lowest BCUT2D eigenvalue weighted by atomic mass is 10.3. The highest BCUT2D eigenvalue weighted by Gasteiger charge is 1.99. The SMILES string of the molecule is COC(=O)CCCS(C)=O. The lowest BCUT2D eigenvalue weighted by Gasteiger charge is -1.95. The second-order valence-electron chi connectivity index (χ2n) is 1.96. The van der Waals surface area contributed by atoms with Gasteiger partial charge in [0.2, 0.25) is 0 Å². The summed E-state index contributed by atoms with van der Waals surface area (Å²) >= 11 is 0. The summed E-state index contributed by atoms with van der Waals surface area (Å²) in [5, 5.41) is 0. The molecule has 0 radical (unpaired) electrons. The van der Waals surface area contributed by atoms with E-state index in [-0.39, 0.29) is 5.97 Å². The van der Waals surface area contributed by atoms with Crippen molar-refractivity contribution in [1.29, 1.82) is 0 Å². The Morgan fingerprint density at radius 3 is 2.60 bits per heavy atom. The van der Waals surface area contributed by atoms with Crippen molar-refractivity contribution >= 4 is 16.8 Å². The summed E-state index contributed by atoms with van der Waals surface area (Å²) in [6.07, 6.45) is 2.64. The van der Waals surface area contributed by atoms with Crippen LogP contribution in [0.15, 0.2) is 0 Å². The topological polar surface area (TPSA) is 43.4 Å². The minimum atomic E-state index is -0.792. The van der Waals surface area contributed by atoms with Crippen LogP contribution in [0.2, 0.25) is 0 Å². The van der Waals surface area contributed by atoms with Crippen LogP contribution in [0.3, 0.4) is 0 Å². The monoisotopic (exact) mass is 164 g/mol. The van der Waals surface area contributed by atoms with E-state index >= 15 is 0 Å². The number of esters is 1. The molecule has 0 rings (SSSR count). The average molecular weight is 164 g/mol. The van der Waals surface area contributed by atoms with Crippen LogP contribution in [0, 0.1) is 0 Å². The van der Waals surface area contributed by atoms with Crippen molar-refractivity contribution in [2.24, 2.45) is 0 Å². The van der Waals surface area contributed by atoms with E-state index in [1.807, 2.05) is 0 Å². The molecule has 0 fully saturated rings. The second-order valence-corrected chi connectivity index (χ2v) is 3.51. The number of carbonyl (C=O) groups excluding carboxylic acids is 1. The Balaban J connectivity index is 3.20. The molecular weight excluding hydrogens is 152 g/mol. The van der Waals surface area contributed by atoms with E-state index in [0.29, 0.717) is 18.6 Å². The lowest BCUT2D eigenvalue weighted by Crippen LogP contribution is -2.03. The molecule has 0 aromatic heterocycles. The Kier molecular flexibility index (Phi) is 5.20. The summed E-state index contributed by atoms with van der Waals surface area (Å²) in [5.74, 6) is 0.347. The van der Waals surface area contributed by atoms with Gasteiger partial charge in [0.1, 0.15) is 0 Å². The van der Waals surface area contributed by atoms with Crippen LogP contribution in [0.5, 0.6) is 0 Å². The first-order chi connectivity index (χ1) is 4.66. The Bertz CT molecular complexity index is 133. The summed E-state index contributed by atoms with van der Waals surface area (Å²) in [6, 6.07) is 0. The second kappa shape index (κ2) is 5.41. The molecular formula is C6H12O3S. The molecule has 0 amide bonds. The van der Waals surface area contributed by atoms with Crippen LogP contribution in [0.4, 0.5) is 0 Å². The van der Waals surface area contributed by atoms with Gasteiger partial charge in [-0.25, -0.2) is 0 Å². The number of methoxy groups -OCH3 is 1. The van der Waals surface area contributed by atoms with Gasteiger partial charge in [-0.2, -0.15) is 0 Å². The van der Waals surface area contributed by atoms with Crippen molar-refractivity contribution in [3.05, 3.63) is 0 Å². The van der Waals surface area contributed by atoms with Crippen molar-refractivity contribution in [2.45, 2.75) is 12.8 Å². The number of hydrogen-bond donors (Lipinski definition) is 0. The third-order valence-electron chi connectivity index (χ3n) is 1.04. The summed E-state index contributed by atoms with van der Waals surface area (Å²) in [4.78, 5) is 10.5. The van der Waals surface area contributed by atoms with Gasteiger partial charge in [-0.15, -0.1) is 0 Å². The van der Waals surface area contributed by atoms with Gasteiger partial charge in [0, 0.05) is 29.2 Å². The molecule has 0 saturated carbocycles. The van der Waals surface area contributed by atoms with Crippen LogP contribution in [0.1, 0.15) is 12.8 Å². The van der Waals surface area contributed by atoms with E-state index in [1.54, 1.807) is 6.26 Å². The van der Waals surface area contributed by atoms with Crippen LogP contribution in [-0.4, -0.2) is 29.3 Å². The summed E-state index contributed by atoms with van der Waals surface area (Å²) in [6.45, 7) is 0. The van der Waals surface area contributed by atoms with Crippen LogP contribution in [-0.2, 0) is 20.3 Å². The number of ether oxygens (including phenoxy) is 1. The van der Waals surface area contributed by atoms with E-state index in [1.165, 1.54) is 7.11 Å². The zero-order valence-electron chi connectivity index (χ0n) is 6.25. The highest BCUT2D eigenvalue weighted by molar-refractivity contribution is 7.84. The third kappa shape index (κ3) is 5.75. The number of rotatable bonds is 4. The zero-order chi connectivity index (χ0) is 7.98. The molecule has 0 saturated heterocycles. The lowest BCUT2D eigenvalue weighted by molar-refractivity contribution is -0.140. The minimum absolute atomic E-state index is 0.231. The van der Waals surface area contributed by atoms with Gasteiger partial charge in [0.15, 0.2) is 0 Å². The highest BCUT2D eigenvalue weighted by Crippen LogP contribution is 1.92. The predicted molar refractivity (Wildman–Crippen MR) is 40.2 cm³/mol. The molecule has 60 valence electrons. The Morgan fingerprint density at radius 2 is 2.20 bits per heavy atom. The van der Waals surface area contributed by atoms with E-state index in [4.69, 9.17) is 0 Å². The molecule has 0 spiro atoms. The van der Waals surface area contributed by atoms with E-state index in [0.717, 1.165) is 0 Å². The molecule has 10 heavy (non-hydrogen) atoms. The van der Waals surface area contributed by atoms with E-state index < -0.39 is 10.8 Å². The molecule has 0 aliphatic carbocycles. The molecule has 4 heteroatoms. The van der Waals surface area contributed by atoms with Crippen molar-refractivity contribution in [3.63, 3.8) is 0 Å². The van der Waals surface area contributed by atoms with Gasteiger partial charge in [-0.1, -0.05) is 0 Å². The summed E-state index contributed by atoms with van der Waals surface area (Å²) in [5.41, 5.74) is 0. The molecule has 0 bridgehead atoms. The summed E-state index contributed by atoms with van der Waals surface area (Å²) in [7, 11) is 0.561. The quantitative estimate of drug-likeness (QED) is 0.562. The molecule has 3 nitrogen and oxygen atoms in total. The molecule has 0 N–H and O–H groups in total. The van der Waals surface area contributed by atoms with Crippen LogP contribution < -0.4 is 0 Å². The predicted octanol–water partition coefficient (Wildman–Crippen LogP) is 0.318. The number of hydrogen-bond acceptors (Lipinski definition) is 3. The van der Waals surface area contributed by atoms with Gasteiger partial charge in [-0.05, 0) is 6.42 Å². The van der Waals surface area contributed by atoms with E-state index in [2.05, 4.69) is 4.74 Å². The Morgan fingerprint density at radius 1 is 1.60 bits per heavy atom. The first-order valence-corrected chi connectivity index (χ1v) is 4.76. The molecule has 0 heterocycles. The highest BCUT2D eigenvalue weighted by atomic mass is 32.2. The zero-order valence-corrected chi connectivity index (χ0v) is 7.07. The molecule has 0 aliphatic heterocycles. The Hall–Kier alpha value is -0.380. The maximum atomic E-state index is 10.5. The van der Waals surface area contributed by atoms with Gasteiger partial charge in [0.25, 0.3) is 0 Å². The first kappa shape index (κ1) is 9.62. The van der Waals surface area contributed by atoms with Gasteiger partial charge in [-0.3, -0.25) is 9.00 Å². The maximum absolute atomic E-state index is 10.5. The number of carbonyl (C=O) groups is 1. The van der Waals surface area contributed by atoms with Crippen molar-refractivity contribution in [3.8, 4) is 0 Å². The maximum Gasteiger partial charge on any atom is 0.305 e. The average Bonchev–Trinajstić information content (AvgIpc) is 1.87. The molecule has 1 atom stereocenters. The first-order valence-electron chi connectivity index (χ1n) is 3.03. The van der Waals surface area contributed by atoms with E-state index in [9.17, 15) is 9.00 Å². The third-order valence-corrected chi connectivity index (χ3v) is 1.90. The fraction of sp³-hybridized carbons (Fsp3) is 0.833. The molecule has 0 aromatic carbocycles. The minimum Gasteiger partial charge on any atom is -0.469 e. The molecule has 0 aromatic rings. The fourth-order valence-corrected chi connectivity index (χ4v) is 1.07. The molecule has 1 unspecified atom stereocenters. The standard InChI is InChI=1S/C6H12O3S/c1-9-6(7)4-3-5-10(2)8/h3-5H2,1-2H3. The smallest absolute Gasteiger partial charge is 0.305 e. The normalized spacial score (nSPS) is 12.6. The Labute approximate surface area is 63.2 Å². The largest absolute Gasteiger partial charge is 0.469 e. The van der Waals surface area contributed by atoms with Gasteiger partial charge >= 0.3 is 5.97 Å². The van der Waals surface area contributed by atoms with Crippen molar-refractivity contribution < 1.29 is 13.7 Å². The summed E-state index contributed by atoms with van der Waals surface area (Å²) < 4.78 is 14.9. The molecule has 0 aliphatic rings. The van der Waals surface area contributed by atoms with Crippen LogP contribution >= 0.6 is 0 Å². The van der Waals surface area contributed by atoms with Crippen molar-refractivity contribution in [2.75, 3.05) is 19.1 Å². The van der Waals surface area contributed by atoms with Gasteiger partial charge in [0.05, 0.1) is 7.11 Å². The fourth-order valence-electron chi connectivity index (χ4n) is 0.522. The van der Waals surface area contributed by atoms with Crippen molar-refractivity contribution in [1.82, 2.24) is 0 Å². The van der Waals surface area contributed by atoms with Crippen LogP contribution in [0.25, 0.3) is 0 Å². The van der Waals surface area contributed by atoms with Gasteiger partial charge < -0.3 is 4.74 Å².